The van der Waals surface area contributed by atoms with Gasteiger partial charge in [-0.05, 0) is 36.4 Å². The van der Waals surface area contributed by atoms with Crippen LogP contribution in [-0.2, 0) is 14.3 Å². The van der Waals surface area contributed by atoms with E-state index in [0.29, 0.717) is 5.02 Å². The molecular weight excluding hydrogens is 405 g/mol. The lowest BCUT2D eigenvalue weighted by atomic mass is 10.1. The van der Waals surface area contributed by atoms with Crippen LogP contribution in [-0.4, -0.2) is 31.6 Å². The zero-order valence-corrected chi connectivity index (χ0v) is 15.6. The van der Waals surface area contributed by atoms with E-state index in [-0.39, 0.29) is 26.9 Å². The van der Waals surface area contributed by atoms with Crippen molar-refractivity contribution in [2.75, 3.05) is 19.0 Å². The van der Waals surface area contributed by atoms with Crippen LogP contribution in [0.15, 0.2) is 36.4 Å². The Balaban J connectivity index is 1.95. The molecule has 9 heteroatoms. The van der Waals surface area contributed by atoms with Crippen LogP contribution in [0.3, 0.4) is 0 Å². The number of hydrogen-bond donors (Lipinski definition) is 1. The SMILES string of the molecule is COC(=O)c1ccc(C(=O)OCC(=O)Nc2c(Cl)cc(Cl)cc2Cl)cc1. The second-order valence-corrected chi connectivity index (χ2v) is 6.19. The van der Waals surface area contributed by atoms with Gasteiger partial charge in [-0.15, -0.1) is 0 Å². The summed E-state index contributed by atoms with van der Waals surface area (Å²) in [4.78, 5) is 35.2. The van der Waals surface area contributed by atoms with E-state index in [0.717, 1.165) is 0 Å². The topological polar surface area (TPSA) is 81.7 Å². The predicted molar refractivity (Wildman–Crippen MR) is 98.2 cm³/mol. The van der Waals surface area contributed by atoms with Gasteiger partial charge in [-0.1, -0.05) is 34.8 Å². The minimum atomic E-state index is -0.732. The Labute approximate surface area is 163 Å². The summed E-state index contributed by atoms with van der Waals surface area (Å²) in [6, 6.07) is 8.43. The Kier molecular flexibility index (Phi) is 6.85. The number of ether oxygens (including phenoxy) is 2. The number of anilines is 1. The summed E-state index contributed by atoms with van der Waals surface area (Å²) in [6.45, 7) is -0.549. The molecule has 26 heavy (non-hydrogen) atoms. The number of carbonyl (C=O) groups excluding carboxylic acids is 3. The number of methoxy groups -OCH3 is 1. The van der Waals surface area contributed by atoms with E-state index in [1.807, 2.05) is 0 Å². The molecule has 2 aromatic carbocycles. The number of hydrogen-bond acceptors (Lipinski definition) is 5. The van der Waals surface area contributed by atoms with Crippen LogP contribution in [0, 0.1) is 0 Å². The summed E-state index contributed by atoms with van der Waals surface area (Å²) >= 11 is 17.7. The molecule has 0 aliphatic rings. The first-order valence-electron chi connectivity index (χ1n) is 7.11. The van der Waals surface area contributed by atoms with E-state index in [1.165, 1.54) is 43.5 Å². The molecule has 136 valence electrons. The van der Waals surface area contributed by atoms with Gasteiger partial charge in [0.05, 0.1) is 34.0 Å². The third kappa shape index (κ3) is 5.11. The van der Waals surface area contributed by atoms with E-state index >= 15 is 0 Å². The normalized spacial score (nSPS) is 10.2. The van der Waals surface area contributed by atoms with Gasteiger partial charge in [0, 0.05) is 5.02 Å². The molecule has 0 saturated heterocycles. The van der Waals surface area contributed by atoms with E-state index in [4.69, 9.17) is 39.5 Å². The molecule has 0 aliphatic carbocycles. The predicted octanol–water partition coefficient (Wildman–Crippen LogP) is 4.23. The molecule has 1 N–H and O–H groups in total. The Morgan fingerprint density at radius 2 is 1.42 bits per heavy atom. The van der Waals surface area contributed by atoms with Gasteiger partial charge in [-0.2, -0.15) is 0 Å². The minimum absolute atomic E-state index is 0.153. The first kappa shape index (κ1) is 20.0. The molecule has 2 aromatic rings. The standard InChI is InChI=1S/C17H12Cl3NO5/c1-25-16(23)9-2-4-10(5-3-9)17(24)26-8-14(22)21-15-12(19)6-11(18)7-13(15)20/h2-7H,8H2,1H3,(H,21,22). The molecule has 0 heterocycles. The Hall–Kier alpha value is -2.28. The van der Waals surface area contributed by atoms with Crippen LogP contribution >= 0.6 is 34.8 Å². The van der Waals surface area contributed by atoms with E-state index in [1.54, 1.807) is 0 Å². The molecule has 0 saturated carbocycles. The molecule has 0 spiro atoms. The number of nitrogens with one attached hydrogen (secondary N) is 1. The average molecular weight is 417 g/mol. The monoisotopic (exact) mass is 415 g/mol. The summed E-state index contributed by atoms with van der Waals surface area (Å²) in [5.74, 6) is -1.89. The quantitative estimate of drug-likeness (QED) is 0.738. The first-order valence-corrected chi connectivity index (χ1v) is 8.25. The van der Waals surface area contributed by atoms with Gasteiger partial charge in [-0.25, -0.2) is 9.59 Å². The van der Waals surface area contributed by atoms with Crippen LogP contribution in [0.4, 0.5) is 5.69 Å². The molecule has 0 aromatic heterocycles. The Morgan fingerprint density at radius 3 is 1.92 bits per heavy atom. The van der Waals surface area contributed by atoms with Gasteiger partial charge < -0.3 is 14.8 Å². The molecule has 1 amide bonds. The van der Waals surface area contributed by atoms with Gasteiger partial charge in [0.25, 0.3) is 5.91 Å². The Bertz CT molecular complexity index is 829. The molecule has 0 atom stereocenters. The Morgan fingerprint density at radius 1 is 0.923 bits per heavy atom. The fourth-order valence-electron chi connectivity index (χ4n) is 1.91. The van der Waals surface area contributed by atoms with Crippen LogP contribution < -0.4 is 5.32 Å². The highest BCUT2D eigenvalue weighted by atomic mass is 35.5. The van der Waals surface area contributed by atoms with Crippen LogP contribution in [0.1, 0.15) is 20.7 Å². The largest absolute Gasteiger partial charge is 0.465 e. The maximum atomic E-state index is 11.9. The van der Waals surface area contributed by atoms with Crippen LogP contribution in [0.25, 0.3) is 0 Å². The van der Waals surface area contributed by atoms with Crippen molar-refractivity contribution in [1.29, 1.82) is 0 Å². The molecule has 0 bridgehead atoms. The lowest BCUT2D eigenvalue weighted by molar-refractivity contribution is -0.119. The van der Waals surface area contributed by atoms with Gasteiger partial charge >= 0.3 is 11.9 Å². The van der Waals surface area contributed by atoms with Gasteiger partial charge in [-0.3, -0.25) is 4.79 Å². The molecule has 0 radical (unpaired) electrons. The fourth-order valence-corrected chi connectivity index (χ4v) is 2.82. The molecular formula is C17H12Cl3NO5. The van der Waals surface area contributed by atoms with Crippen molar-refractivity contribution >= 4 is 58.3 Å². The van der Waals surface area contributed by atoms with Crippen molar-refractivity contribution in [1.82, 2.24) is 0 Å². The summed E-state index contributed by atoms with van der Waals surface area (Å²) in [5.41, 5.74) is 0.628. The molecule has 0 fully saturated rings. The van der Waals surface area contributed by atoms with E-state index < -0.39 is 24.5 Å². The van der Waals surface area contributed by atoms with Gasteiger partial charge in [0.1, 0.15) is 0 Å². The lowest BCUT2D eigenvalue weighted by Crippen LogP contribution is -2.21. The highest BCUT2D eigenvalue weighted by molar-refractivity contribution is 6.42. The molecule has 0 aliphatic heterocycles. The molecule has 2 rings (SSSR count). The smallest absolute Gasteiger partial charge is 0.338 e. The van der Waals surface area contributed by atoms with Crippen molar-refractivity contribution in [3.8, 4) is 0 Å². The summed E-state index contributed by atoms with van der Waals surface area (Å²) in [7, 11) is 1.25. The number of carbonyl (C=O) groups is 3. The van der Waals surface area contributed by atoms with Crippen molar-refractivity contribution in [3.05, 3.63) is 62.6 Å². The number of halogens is 3. The second-order valence-electron chi connectivity index (χ2n) is 4.94. The number of esters is 2. The lowest BCUT2D eigenvalue weighted by Gasteiger charge is -2.10. The summed E-state index contributed by atoms with van der Waals surface area (Å²) in [6.07, 6.45) is 0. The van der Waals surface area contributed by atoms with Crippen LogP contribution in [0.5, 0.6) is 0 Å². The number of amides is 1. The van der Waals surface area contributed by atoms with Crippen molar-refractivity contribution in [2.45, 2.75) is 0 Å². The summed E-state index contributed by atoms with van der Waals surface area (Å²) in [5, 5.41) is 3.07. The average Bonchev–Trinajstić information content (AvgIpc) is 2.62. The van der Waals surface area contributed by atoms with Crippen molar-refractivity contribution in [2.24, 2.45) is 0 Å². The highest BCUT2D eigenvalue weighted by Gasteiger charge is 2.15. The zero-order chi connectivity index (χ0) is 19.3. The minimum Gasteiger partial charge on any atom is -0.465 e. The third-order valence-electron chi connectivity index (χ3n) is 3.15. The summed E-state index contributed by atoms with van der Waals surface area (Å²) < 4.78 is 9.47. The highest BCUT2D eigenvalue weighted by Crippen LogP contribution is 2.33. The van der Waals surface area contributed by atoms with Gasteiger partial charge in [0.2, 0.25) is 0 Å². The molecule has 6 nitrogen and oxygen atoms in total. The van der Waals surface area contributed by atoms with E-state index in [9.17, 15) is 14.4 Å². The zero-order valence-electron chi connectivity index (χ0n) is 13.3. The fraction of sp³-hybridized carbons (Fsp3) is 0.118. The first-order chi connectivity index (χ1) is 12.3. The second kappa shape index (κ2) is 8.89. The third-order valence-corrected chi connectivity index (χ3v) is 3.96. The maximum Gasteiger partial charge on any atom is 0.338 e. The number of rotatable bonds is 5. The van der Waals surface area contributed by atoms with Gasteiger partial charge in [0.15, 0.2) is 6.61 Å². The van der Waals surface area contributed by atoms with Crippen LogP contribution in [0.2, 0.25) is 15.1 Å². The number of benzene rings is 2. The molecule has 0 unspecified atom stereocenters. The maximum absolute atomic E-state index is 11.9. The van der Waals surface area contributed by atoms with Crippen molar-refractivity contribution < 1.29 is 23.9 Å². The van der Waals surface area contributed by atoms with E-state index in [2.05, 4.69) is 10.1 Å². The van der Waals surface area contributed by atoms with Crippen molar-refractivity contribution in [3.63, 3.8) is 0 Å².